The molecule has 0 saturated heterocycles. The zero-order chi connectivity index (χ0) is 23.5. The van der Waals surface area contributed by atoms with E-state index >= 15 is 0 Å². The van der Waals surface area contributed by atoms with Gasteiger partial charge in [-0.15, -0.1) is 0 Å². The Morgan fingerprint density at radius 1 is 1.00 bits per heavy atom. The first-order valence-electron chi connectivity index (χ1n) is 11.2. The first kappa shape index (κ1) is 22.5. The molecule has 8 nitrogen and oxygen atoms in total. The number of aromatic amines is 1. The van der Waals surface area contributed by atoms with Gasteiger partial charge < -0.3 is 15.1 Å². The molecule has 0 aliphatic carbocycles. The van der Waals surface area contributed by atoms with E-state index in [1.54, 1.807) is 6.07 Å². The number of hydrogen-bond acceptors (Lipinski definition) is 7. The summed E-state index contributed by atoms with van der Waals surface area (Å²) in [5.41, 5.74) is 7.61. The zero-order valence-electron chi connectivity index (χ0n) is 19.7. The summed E-state index contributed by atoms with van der Waals surface area (Å²) in [6.45, 7) is 13.2. The normalized spacial score (nSPS) is 11.3. The number of oxazole rings is 1. The molecule has 0 fully saturated rings. The van der Waals surface area contributed by atoms with E-state index in [1.165, 1.54) is 16.7 Å². The predicted molar refractivity (Wildman–Crippen MR) is 133 cm³/mol. The second-order valence-electron chi connectivity index (χ2n) is 8.24. The number of fused-ring (bicyclic) bond motifs is 1. The Balaban J connectivity index is 1.68. The van der Waals surface area contributed by atoms with Crippen LogP contribution in [0.2, 0.25) is 0 Å². The maximum absolute atomic E-state index is 11.5. The van der Waals surface area contributed by atoms with Crippen molar-refractivity contribution in [3.8, 4) is 0 Å². The average Bonchev–Trinajstić information content (AvgIpc) is 3.16. The summed E-state index contributed by atoms with van der Waals surface area (Å²) in [7, 11) is 0. The lowest BCUT2D eigenvalue weighted by Crippen LogP contribution is -2.23. The van der Waals surface area contributed by atoms with Crippen LogP contribution in [0, 0.1) is 20.8 Å². The van der Waals surface area contributed by atoms with Crippen LogP contribution in [0.25, 0.3) is 11.1 Å². The molecule has 0 unspecified atom stereocenters. The van der Waals surface area contributed by atoms with Crippen LogP contribution >= 0.6 is 0 Å². The second-order valence-corrected chi connectivity index (χ2v) is 8.24. The molecule has 33 heavy (non-hydrogen) atoms. The van der Waals surface area contributed by atoms with Crippen molar-refractivity contribution in [2.75, 3.05) is 23.7 Å². The molecule has 0 saturated carbocycles. The van der Waals surface area contributed by atoms with Crippen LogP contribution in [-0.4, -0.2) is 32.9 Å². The van der Waals surface area contributed by atoms with Crippen molar-refractivity contribution < 1.29 is 4.42 Å². The van der Waals surface area contributed by atoms with Crippen molar-refractivity contribution in [2.24, 2.45) is 0 Å². The molecule has 3 N–H and O–H groups in total. The van der Waals surface area contributed by atoms with E-state index in [-0.39, 0.29) is 0 Å². The van der Waals surface area contributed by atoms with Gasteiger partial charge in [0.1, 0.15) is 5.82 Å². The Labute approximate surface area is 193 Å². The molecule has 0 radical (unpaired) electrons. The third-order valence-electron chi connectivity index (χ3n) is 6.02. The lowest BCUT2D eigenvalue weighted by atomic mass is 10.0. The Morgan fingerprint density at radius 3 is 2.42 bits per heavy atom. The predicted octanol–water partition coefficient (Wildman–Crippen LogP) is 5.17. The van der Waals surface area contributed by atoms with Gasteiger partial charge in [-0.3, -0.25) is 9.88 Å². The van der Waals surface area contributed by atoms with Gasteiger partial charge in [-0.05, 0) is 80.9 Å². The van der Waals surface area contributed by atoms with Crippen molar-refractivity contribution in [1.82, 2.24) is 19.9 Å². The summed E-state index contributed by atoms with van der Waals surface area (Å²) in [5, 5.41) is 6.75. The lowest BCUT2D eigenvalue weighted by Gasteiger charge is -2.20. The van der Waals surface area contributed by atoms with Crippen molar-refractivity contribution >= 4 is 34.2 Å². The molecule has 0 amide bonds. The van der Waals surface area contributed by atoms with Gasteiger partial charge in [0.25, 0.3) is 0 Å². The van der Waals surface area contributed by atoms with Gasteiger partial charge in [-0.2, -0.15) is 4.98 Å². The van der Waals surface area contributed by atoms with E-state index in [0.717, 1.165) is 36.6 Å². The fraction of sp³-hybridized carbons (Fsp3) is 0.320. The van der Waals surface area contributed by atoms with E-state index in [4.69, 9.17) is 9.40 Å². The van der Waals surface area contributed by atoms with Crippen LogP contribution in [0.4, 0.5) is 23.1 Å². The van der Waals surface area contributed by atoms with E-state index < -0.39 is 5.76 Å². The standard InChI is InChI=1S/C25H30N6O2/c1-6-31(7-2)14-18-13-26-24(28-20-10-15(3)17(5)16(4)11-20)30-23(18)27-19-8-9-22-21(12-19)29-25(32)33-22/h8-13H,6-7,14H2,1-5H3,(H,29,32)(H2,26,27,28,30). The van der Waals surface area contributed by atoms with Gasteiger partial charge in [0, 0.05) is 29.7 Å². The highest BCUT2D eigenvalue weighted by molar-refractivity contribution is 5.78. The van der Waals surface area contributed by atoms with Gasteiger partial charge in [0.2, 0.25) is 5.95 Å². The van der Waals surface area contributed by atoms with Gasteiger partial charge in [-0.25, -0.2) is 9.78 Å². The van der Waals surface area contributed by atoms with Crippen molar-refractivity contribution in [3.05, 3.63) is 69.3 Å². The molecular weight excluding hydrogens is 416 g/mol. The summed E-state index contributed by atoms with van der Waals surface area (Å²) in [5.74, 6) is 0.757. The van der Waals surface area contributed by atoms with Crippen LogP contribution in [-0.2, 0) is 6.54 Å². The number of nitrogens with one attached hydrogen (secondary N) is 3. The number of aromatic nitrogens is 3. The number of aryl methyl sites for hydroxylation is 2. The second kappa shape index (κ2) is 9.46. The fourth-order valence-corrected chi connectivity index (χ4v) is 3.78. The minimum Gasteiger partial charge on any atom is -0.408 e. The maximum atomic E-state index is 11.5. The van der Waals surface area contributed by atoms with E-state index in [2.05, 4.69) is 72.3 Å². The van der Waals surface area contributed by atoms with E-state index in [0.29, 0.717) is 22.9 Å². The molecule has 4 aromatic rings. The molecule has 2 aromatic carbocycles. The minimum atomic E-state index is -0.471. The monoisotopic (exact) mass is 446 g/mol. The number of rotatable bonds is 8. The largest absolute Gasteiger partial charge is 0.417 e. The number of H-pyrrole nitrogens is 1. The van der Waals surface area contributed by atoms with E-state index in [1.807, 2.05) is 18.3 Å². The first-order chi connectivity index (χ1) is 15.9. The number of benzene rings is 2. The maximum Gasteiger partial charge on any atom is 0.417 e. The quantitative estimate of drug-likeness (QED) is 0.344. The molecule has 2 aromatic heterocycles. The highest BCUT2D eigenvalue weighted by Crippen LogP contribution is 2.26. The van der Waals surface area contributed by atoms with Gasteiger partial charge in [-0.1, -0.05) is 13.8 Å². The molecule has 0 atom stereocenters. The van der Waals surface area contributed by atoms with Crippen LogP contribution in [0.5, 0.6) is 0 Å². The first-order valence-corrected chi connectivity index (χ1v) is 11.2. The van der Waals surface area contributed by atoms with Crippen LogP contribution in [0.3, 0.4) is 0 Å². The summed E-state index contributed by atoms with van der Waals surface area (Å²) in [4.78, 5) is 25.9. The van der Waals surface area contributed by atoms with Crippen LogP contribution in [0.15, 0.2) is 45.7 Å². The van der Waals surface area contributed by atoms with Gasteiger partial charge in [0.15, 0.2) is 5.58 Å². The summed E-state index contributed by atoms with van der Waals surface area (Å²) < 4.78 is 5.11. The minimum absolute atomic E-state index is 0.471. The summed E-state index contributed by atoms with van der Waals surface area (Å²) in [6.07, 6.45) is 1.86. The highest BCUT2D eigenvalue weighted by atomic mass is 16.4. The molecular formula is C25H30N6O2. The third kappa shape index (κ3) is 5.06. The van der Waals surface area contributed by atoms with Crippen molar-refractivity contribution in [3.63, 3.8) is 0 Å². The molecule has 0 spiro atoms. The smallest absolute Gasteiger partial charge is 0.408 e. The summed E-state index contributed by atoms with van der Waals surface area (Å²) in [6, 6.07) is 9.67. The molecule has 172 valence electrons. The molecule has 0 aliphatic rings. The SMILES string of the molecule is CCN(CC)Cc1cnc(Nc2cc(C)c(C)c(C)c2)nc1Nc1ccc2oc(=O)[nH]c2c1. The Kier molecular flexibility index (Phi) is 6.46. The van der Waals surface area contributed by atoms with Crippen molar-refractivity contribution in [2.45, 2.75) is 41.2 Å². The Bertz CT molecular complexity index is 1310. The Hall–Kier alpha value is -3.65. The zero-order valence-corrected chi connectivity index (χ0v) is 19.7. The lowest BCUT2D eigenvalue weighted by molar-refractivity contribution is 0.296. The van der Waals surface area contributed by atoms with Crippen LogP contribution in [0.1, 0.15) is 36.1 Å². The van der Waals surface area contributed by atoms with Crippen molar-refractivity contribution in [1.29, 1.82) is 0 Å². The van der Waals surface area contributed by atoms with Gasteiger partial charge >= 0.3 is 5.76 Å². The number of anilines is 4. The average molecular weight is 447 g/mol. The van der Waals surface area contributed by atoms with Crippen LogP contribution < -0.4 is 16.4 Å². The summed E-state index contributed by atoms with van der Waals surface area (Å²) >= 11 is 0. The molecule has 8 heteroatoms. The molecule has 4 rings (SSSR count). The highest BCUT2D eigenvalue weighted by Gasteiger charge is 2.13. The van der Waals surface area contributed by atoms with E-state index in [9.17, 15) is 4.79 Å². The fourth-order valence-electron chi connectivity index (χ4n) is 3.78. The molecule has 0 bridgehead atoms. The molecule has 0 aliphatic heterocycles. The Morgan fingerprint density at radius 2 is 1.73 bits per heavy atom. The third-order valence-corrected chi connectivity index (χ3v) is 6.02. The topological polar surface area (TPSA) is 99.1 Å². The number of nitrogens with zero attached hydrogens (tertiary/aromatic N) is 3. The van der Waals surface area contributed by atoms with Gasteiger partial charge in [0.05, 0.1) is 5.52 Å². The molecule has 2 heterocycles. The number of hydrogen-bond donors (Lipinski definition) is 3.